The molecular weight excluding hydrogens is 318 g/mol. The van der Waals surface area contributed by atoms with Gasteiger partial charge in [0.25, 0.3) is 5.91 Å². The van der Waals surface area contributed by atoms with Crippen LogP contribution in [-0.4, -0.2) is 76.2 Å². The van der Waals surface area contributed by atoms with Crippen LogP contribution in [0.15, 0.2) is 11.4 Å². The Morgan fingerprint density at radius 3 is 2.33 bits per heavy atom. The molecule has 0 radical (unpaired) electrons. The average Bonchev–Trinajstić information content (AvgIpc) is 2.88. The van der Waals surface area contributed by atoms with Crippen molar-refractivity contribution in [2.75, 3.05) is 19.7 Å². The molecule has 1 amide bonds. The molecule has 4 atom stereocenters. The first kappa shape index (κ1) is 18.5. The summed E-state index contributed by atoms with van der Waals surface area (Å²) < 4.78 is 5.15. The molecular formula is C14H25N5O5. The van der Waals surface area contributed by atoms with Crippen LogP contribution in [-0.2, 0) is 9.53 Å². The topological polar surface area (TPSA) is 178 Å². The van der Waals surface area contributed by atoms with Crippen LogP contribution in [0.2, 0.25) is 0 Å². The number of hydrogen-bond acceptors (Lipinski definition) is 8. The predicted octanol–water partition coefficient (Wildman–Crippen LogP) is -2.87. The molecule has 0 spiro atoms. The van der Waals surface area contributed by atoms with Crippen molar-refractivity contribution in [3.8, 4) is 0 Å². The maximum atomic E-state index is 12.2. The molecule has 0 aromatic carbocycles. The maximum absolute atomic E-state index is 12.2. The molecule has 2 aliphatic rings. The number of ether oxygens (including phenoxy) is 1. The lowest BCUT2D eigenvalue weighted by molar-refractivity contribution is -0.124. The molecule has 24 heavy (non-hydrogen) atoms. The van der Waals surface area contributed by atoms with Crippen molar-refractivity contribution in [2.45, 2.75) is 43.8 Å². The van der Waals surface area contributed by atoms with Gasteiger partial charge in [-0.05, 0) is 19.3 Å². The number of aliphatic hydroxyl groups is 3. The number of nitrogens with two attached hydrogens (primary N) is 2. The number of carbonyl (C=O) groups is 1. The first-order valence-corrected chi connectivity index (χ1v) is 7.89. The van der Waals surface area contributed by atoms with Gasteiger partial charge in [-0.3, -0.25) is 10.2 Å². The van der Waals surface area contributed by atoms with Gasteiger partial charge in [-0.1, -0.05) is 0 Å². The van der Waals surface area contributed by atoms with Crippen molar-refractivity contribution in [1.29, 1.82) is 5.41 Å². The molecule has 2 saturated heterocycles. The van der Waals surface area contributed by atoms with Crippen molar-refractivity contribution in [2.24, 2.45) is 11.5 Å². The second-order valence-corrected chi connectivity index (χ2v) is 5.96. The van der Waals surface area contributed by atoms with Crippen molar-refractivity contribution in [1.82, 2.24) is 10.2 Å². The summed E-state index contributed by atoms with van der Waals surface area (Å²) in [4.78, 5) is 13.9. The smallest absolute Gasteiger partial charge is 0.271 e. The van der Waals surface area contributed by atoms with E-state index in [0.717, 1.165) is 19.3 Å². The number of aliphatic hydroxyl groups excluding tert-OH is 3. The standard InChI is InChI=1S/C14H25N5O5/c15-8(12(17)19-4-2-1-3-5-19)9(16)13(23)18-14-11(22)10(21)7(6-20)24-14/h7,10-11,14,17,20-22H,1-6,15-16H2,(H,18,23)/b9-8+,17-12?. The summed E-state index contributed by atoms with van der Waals surface area (Å²) in [5.74, 6) is -0.826. The van der Waals surface area contributed by atoms with Crippen LogP contribution < -0.4 is 16.8 Å². The van der Waals surface area contributed by atoms with Gasteiger partial charge in [0.15, 0.2) is 6.23 Å². The number of rotatable bonds is 4. The lowest BCUT2D eigenvalue weighted by Gasteiger charge is -2.29. The minimum absolute atomic E-state index is 0.0106. The summed E-state index contributed by atoms with van der Waals surface area (Å²) >= 11 is 0. The van der Waals surface area contributed by atoms with Gasteiger partial charge >= 0.3 is 0 Å². The van der Waals surface area contributed by atoms with Gasteiger partial charge in [0.05, 0.1) is 6.61 Å². The van der Waals surface area contributed by atoms with E-state index >= 15 is 0 Å². The average molecular weight is 343 g/mol. The number of nitrogens with zero attached hydrogens (tertiary/aromatic N) is 1. The molecule has 10 nitrogen and oxygen atoms in total. The second-order valence-electron chi connectivity index (χ2n) is 5.96. The third kappa shape index (κ3) is 3.78. The fourth-order valence-electron chi connectivity index (χ4n) is 2.76. The Balaban J connectivity index is 2.01. The molecule has 0 aliphatic carbocycles. The van der Waals surface area contributed by atoms with E-state index in [4.69, 9.17) is 26.7 Å². The zero-order chi connectivity index (χ0) is 17.9. The Bertz CT molecular complexity index is 520. The Labute approximate surface area is 139 Å². The third-order valence-electron chi connectivity index (χ3n) is 4.28. The third-order valence-corrected chi connectivity index (χ3v) is 4.28. The predicted molar refractivity (Wildman–Crippen MR) is 84.5 cm³/mol. The van der Waals surface area contributed by atoms with E-state index < -0.39 is 37.1 Å². The SMILES string of the molecule is N=C(/C(N)=C(\N)C(=O)NC1OC(CO)C(O)C1O)N1CCCCC1. The fourth-order valence-corrected chi connectivity index (χ4v) is 2.76. The Morgan fingerprint density at radius 2 is 1.79 bits per heavy atom. The minimum atomic E-state index is -1.40. The highest BCUT2D eigenvalue weighted by atomic mass is 16.6. The quantitative estimate of drug-likeness (QED) is 0.162. The lowest BCUT2D eigenvalue weighted by atomic mass is 10.1. The first-order valence-electron chi connectivity index (χ1n) is 7.89. The molecule has 0 aromatic rings. The van der Waals surface area contributed by atoms with Crippen LogP contribution in [0.1, 0.15) is 19.3 Å². The molecule has 2 aliphatic heterocycles. The molecule has 4 unspecified atom stereocenters. The van der Waals surface area contributed by atoms with Gasteiger partial charge in [0, 0.05) is 13.1 Å². The molecule has 0 bridgehead atoms. The van der Waals surface area contributed by atoms with E-state index in [2.05, 4.69) is 5.32 Å². The zero-order valence-electron chi connectivity index (χ0n) is 13.3. The van der Waals surface area contributed by atoms with Crippen molar-refractivity contribution in [3.63, 3.8) is 0 Å². The van der Waals surface area contributed by atoms with Gasteiger partial charge in [0.1, 0.15) is 35.5 Å². The van der Waals surface area contributed by atoms with Crippen molar-refractivity contribution in [3.05, 3.63) is 11.4 Å². The van der Waals surface area contributed by atoms with E-state index in [1.54, 1.807) is 4.90 Å². The Kier molecular flexibility index (Phi) is 5.99. The van der Waals surface area contributed by atoms with Crippen LogP contribution in [0.3, 0.4) is 0 Å². The monoisotopic (exact) mass is 343 g/mol. The van der Waals surface area contributed by atoms with Gasteiger partial charge < -0.3 is 41.7 Å². The molecule has 2 heterocycles. The van der Waals surface area contributed by atoms with Crippen LogP contribution >= 0.6 is 0 Å². The molecule has 9 N–H and O–H groups in total. The number of carbonyl (C=O) groups excluding carboxylic acids is 1. The molecule has 136 valence electrons. The zero-order valence-corrected chi connectivity index (χ0v) is 13.3. The summed E-state index contributed by atoms with van der Waals surface area (Å²) in [7, 11) is 0. The number of nitrogens with one attached hydrogen (secondary N) is 2. The summed E-state index contributed by atoms with van der Waals surface area (Å²) in [6, 6.07) is 0. The van der Waals surface area contributed by atoms with Crippen LogP contribution in [0.4, 0.5) is 0 Å². The molecule has 2 fully saturated rings. The number of hydrogen-bond donors (Lipinski definition) is 7. The summed E-state index contributed by atoms with van der Waals surface area (Å²) in [5.41, 5.74) is 11.0. The number of amides is 1. The Hall–Kier alpha value is -1.88. The van der Waals surface area contributed by atoms with Gasteiger partial charge in [-0.2, -0.15) is 0 Å². The number of amidine groups is 1. The number of piperidine rings is 1. The largest absolute Gasteiger partial charge is 0.394 e. The van der Waals surface area contributed by atoms with Crippen LogP contribution in [0.25, 0.3) is 0 Å². The fraction of sp³-hybridized carbons (Fsp3) is 0.714. The van der Waals surface area contributed by atoms with E-state index in [9.17, 15) is 15.0 Å². The maximum Gasteiger partial charge on any atom is 0.271 e. The molecule has 0 saturated carbocycles. The van der Waals surface area contributed by atoms with E-state index in [0.29, 0.717) is 13.1 Å². The summed E-state index contributed by atoms with van der Waals surface area (Å²) in [6.45, 7) is 0.865. The van der Waals surface area contributed by atoms with Gasteiger partial charge in [-0.15, -0.1) is 0 Å². The van der Waals surface area contributed by atoms with Crippen molar-refractivity contribution >= 4 is 11.7 Å². The highest BCUT2D eigenvalue weighted by molar-refractivity contribution is 6.04. The van der Waals surface area contributed by atoms with Crippen LogP contribution in [0, 0.1) is 5.41 Å². The number of likely N-dealkylation sites (tertiary alicyclic amines) is 1. The highest BCUT2D eigenvalue weighted by Gasteiger charge is 2.43. The molecule has 10 heteroatoms. The second kappa shape index (κ2) is 7.79. The van der Waals surface area contributed by atoms with Crippen molar-refractivity contribution < 1.29 is 24.9 Å². The lowest BCUT2D eigenvalue weighted by Crippen LogP contribution is -2.47. The summed E-state index contributed by atoms with van der Waals surface area (Å²) in [6.07, 6.45) is -1.96. The highest BCUT2D eigenvalue weighted by Crippen LogP contribution is 2.19. The van der Waals surface area contributed by atoms with Gasteiger partial charge in [-0.25, -0.2) is 0 Å². The minimum Gasteiger partial charge on any atom is -0.394 e. The first-order chi connectivity index (χ1) is 11.4. The normalized spacial score (nSPS) is 31.5. The van der Waals surface area contributed by atoms with E-state index in [1.807, 2.05) is 0 Å². The van der Waals surface area contributed by atoms with Crippen LogP contribution in [0.5, 0.6) is 0 Å². The molecule has 2 rings (SSSR count). The van der Waals surface area contributed by atoms with E-state index in [-0.39, 0.29) is 17.2 Å². The molecule has 0 aromatic heterocycles. The summed E-state index contributed by atoms with van der Waals surface area (Å²) in [5, 5.41) is 38.8. The Morgan fingerprint density at radius 1 is 1.17 bits per heavy atom. The van der Waals surface area contributed by atoms with E-state index in [1.165, 1.54) is 0 Å². The van der Waals surface area contributed by atoms with Gasteiger partial charge in [0.2, 0.25) is 0 Å².